The van der Waals surface area contributed by atoms with E-state index in [0.29, 0.717) is 30.3 Å². The van der Waals surface area contributed by atoms with Gasteiger partial charge in [0.15, 0.2) is 0 Å². The van der Waals surface area contributed by atoms with Crippen LogP contribution < -0.4 is 5.73 Å². The number of hydrogen-bond donors (Lipinski definition) is 2. The number of hydrogen-bond acceptors (Lipinski definition) is 3. The van der Waals surface area contributed by atoms with E-state index in [1.54, 1.807) is 18.3 Å². The highest BCUT2D eigenvalue weighted by Crippen LogP contribution is 2.25. The Morgan fingerprint density at radius 1 is 1.35 bits per heavy atom. The minimum Gasteiger partial charge on any atom is -0.339 e. The Bertz CT molecular complexity index is 672. The van der Waals surface area contributed by atoms with E-state index in [9.17, 15) is 9.18 Å². The number of benzene rings is 1. The Balaban J connectivity index is 1.77. The van der Waals surface area contributed by atoms with Crippen LogP contribution >= 0.6 is 0 Å². The molecule has 2 aromatic rings. The molecular weight excluding hydrogens is 295 g/mol. The van der Waals surface area contributed by atoms with E-state index in [1.165, 1.54) is 12.1 Å². The molecule has 5 nitrogen and oxygen atoms in total. The van der Waals surface area contributed by atoms with Crippen LogP contribution in [0.15, 0.2) is 30.5 Å². The molecule has 1 aliphatic heterocycles. The molecule has 1 aromatic carbocycles. The first kappa shape index (κ1) is 15.7. The van der Waals surface area contributed by atoms with Crippen LogP contribution in [-0.4, -0.2) is 40.1 Å². The van der Waals surface area contributed by atoms with E-state index < -0.39 is 0 Å². The van der Waals surface area contributed by atoms with Crippen molar-refractivity contribution in [3.05, 3.63) is 41.8 Å². The van der Waals surface area contributed by atoms with E-state index in [4.69, 9.17) is 5.73 Å². The molecular formula is C17H21FN4O. The van der Waals surface area contributed by atoms with Gasteiger partial charge in [0.05, 0.1) is 17.5 Å². The van der Waals surface area contributed by atoms with Gasteiger partial charge in [-0.1, -0.05) is 0 Å². The molecule has 0 aliphatic carbocycles. The van der Waals surface area contributed by atoms with Crippen LogP contribution in [0.5, 0.6) is 0 Å². The van der Waals surface area contributed by atoms with Crippen molar-refractivity contribution >= 4 is 5.91 Å². The molecule has 0 bridgehead atoms. The molecule has 1 aliphatic rings. The number of nitrogens with one attached hydrogen (secondary N) is 1. The fourth-order valence-electron chi connectivity index (χ4n) is 3.08. The van der Waals surface area contributed by atoms with Crippen LogP contribution in [0, 0.1) is 11.7 Å². The first-order valence-corrected chi connectivity index (χ1v) is 7.90. The summed E-state index contributed by atoms with van der Waals surface area (Å²) in [4.78, 5) is 14.6. The Labute approximate surface area is 134 Å². The van der Waals surface area contributed by atoms with Crippen molar-refractivity contribution in [2.75, 3.05) is 13.1 Å². The number of H-pyrrole nitrogens is 1. The normalized spacial score (nSPS) is 17.3. The van der Waals surface area contributed by atoms with Gasteiger partial charge in [-0.05, 0) is 49.9 Å². The largest absolute Gasteiger partial charge is 0.339 e. The lowest BCUT2D eigenvalue weighted by Gasteiger charge is -2.33. The van der Waals surface area contributed by atoms with Crippen LogP contribution in [0.4, 0.5) is 4.39 Å². The van der Waals surface area contributed by atoms with Gasteiger partial charge >= 0.3 is 0 Å². The zero-order chi connectivity index (χ0) is 16.4. The van der Waals surface area contributed by atoms with Crippen LogP contribution in [0.2, 0.25) is 0 Å². The maximum atomic E-state index is 13.1. The van der Waals surface area contributed by atoms with Crippen LogP contribution in [-0.2, 0) is 0 Å². The fraction of sp³-hybridized carbons (Fsp3) is 0.412. The lowest BCUT2D eigenvalue weighted by Crippen LogP contribution is -2.42. The maximum absolute atomic E-state index is 13.1. The number of aromatic nitrogens is 2. The summed E-state index contributed by atoms with van der Waals surface area (Å²) in [5, 5.41) is 6.84. The Morgan fingerprint density at radius 2 is 2.00 bits per heavy atom. The molecule has 6 heteroatoms. The number of aromatic amines is 1. The standard InChI is InChI=1S/C17H21FN4O/c1-11(19)12-6-8-22(9-7-12)17(23)15-10-20-21-16(15)13-2-4-14(18)5-3-13/h2-5,10-12H,6-9,19H2,1H3,(H,20,21). The first-order valence-electron chi connectivity index (χ1n) is 7.90. The summed E-state index contributed by atoms with van der Waals surface area (Å²) in [7, 11) is 0. The third-order valence-electron chi connectivity index (χ3n) is 4.57. The van der Waals surface area contributed by atoms with Crippen molar-refractivity contribution in [2.45, 2.75) is 25.8 Å². The van der Waals surface area contributed by atoms with Gasteiger partial charge in [0.2, 0.25) is 0 Å². The molecule has 3 N–H and O–H groups in total. The van der Waals surface area contributed by atoms with Crippen LogP contribution in [0.25, 0.3) is 11.3 Å². The number of halogens is 1. The average molecular weight is 316 g/mol. The van der Waals surface area contributed by atoms with E-state index in [0.717, 1.165) is 18.4 Å². The lowest BCUT2D eigenvalue weighted by atomic mass is 9.90. The number of amides is 1. The SMILES string of the molecule is CC(N)C1CCN(C(=O)c2cn[nH]c2-c2ccc(F)cc2)CC1. The molecule has 0 saturated carbocycles. The Kier molecular flexibility index (Phi) is 4.43. The van der Waals surface area contributed by atoms with Crippen LogP contribution in [0.1, 0.15) is 30.1 Å². The second-order valence-electron chi connectivity index (χ2n) is 6.15. The summed E-state index contributed by atoms with van der Waals surface area (Å²) in [6.45, 7) is 3.43. The van der Waals surface area contributed by atoms with Crippen molar-refractivity contribution in [2.24, 2.45) is 11.7 Å². The minimum absolute atomic E-state index is 0.0406. The van der Waals surface area contributed by atoms with Crippen molar-refractivity contribution in [1.82, 2.24) is 15.1 Å². The molecule has 122 valence electrons. The fourth-order valence-corrected chi connectivity index (χ4v) is 3.08. The highest BCUT2D eigenvalue weighted by molar-refractivity contribution is 5.99. The number of nitrogens with two attached hydrogens (primary N) is 1. The molecule has 1 saturated heterocycles. The summed E-state index contributed by atoms with van der Waals surface area (Å²) >= 11 is 0. The zero-order valence-electron chi connectivity index (χ0n) is 13.1. The molecule has 3 rings (SSSR count). The quantitative estimate of drug-likeness (QED) is 0.913. The number of piperidine rings is 1. The van der Waals surface area contributed by atoms with Gasteiger partial charge in [0.1, 0.15) is 5.82 Å². The first-order chi connectivity index (χ1) is 11.1. The minimum atomic E-state index is -0.306. The summed E-state index contributed by atoms with van der Waals surface area (Å²) in [6, 6.07) is 6.19. The monoisotopic (exact) mass is 316 g/mol. The summed E-state index contributed by atoms with van der Waals surface area (Å²) in [6.07, 6.45) is 3.39. The van der Waals surface area contributed by atoms with Crippen molar-refractivity contribution in [3.63, 3.8) is 0 Å². The number of carbonyl (C=O) groups is 1. The third-order valence-corrected chi connectivity index (χ3v) is 4.57. The summed E-state index contributed by atoms with van der Waals surface area (Å²) in [5.41, 5.74) is 7.85. The van der Waals surface area contributed by atoms with Gasteiger partial charge in [0.25, 0.3) is 5.91 Å². The summed E-state index contributed by atoms with van der Waals surface area (Å²) < 4.78 is 13.1. The van der Waals surface area contributed by atoms with Gasteiger partial charge in [-0.2, -0.15) is 5.10 Å². The van der Waals surface area contributed by atoms with Gasteiger partial charge in [-0.25, -0.2) is 4.39 Å². The molecule has 0 radical (unpaired) electrons. The third kappa shape index (κ3) is 3.27. The zero-order valence-corrected chi connectivity index (χ0v) is 13.1. The van der Waals surface area contributed by atoms with Crippen molar-refractivity contribution in [1.29, 1.82) is 0 Å². The molecule has 0 spiro atoms. The maximum Gasteiger partial charge on any atom is 0.257 e. The highest BCUT2D eigenvalue weighted by atomic mass is 19.1. The molecule has 1 aromatic heterocycles. The molecule has 1 unspecified atom stereocenters. The highest BCUT2D eigenvalue weighted by Gasteiger charge is 2.27. The van der Waals surface area contributed by atoms with Gasteiger partial charge in [-0.15, -0.1) is 0 Å². The Morgan fingerprint density at radius 3 is 2.61 bits per heavy atom. The van der Waals surface area contributed by atoms with E-state index >= 15 is 0 Å². The van der Waals surface area contributed by atoms with E-state index in [2.05, 4.69) is 10.2 Å². The second-order valence-corrected chi connectivity index (χ2v) is 6.15. The molecule has 1 atom stereocenters. The summed E-state index contributed by atoms with van der Waals surface area (Å²) in [5.74, 6) is 0.125. The van der Waals surface area contributed by atoms with Gasteiger partial charge in [-0.3, -0.25) is 9.89 Å². The number of nitrogens with zero attached hydrogens (tertiary/aromatic N) is 2. The second kappa shape index (κ2) is 6.50. The van der Waals surface area contributed by atoms with Crippen LogP contribution in [0.3, 0.4) is 0 Å². The average Bonchev–Trinajstić information content (AvgIpc) is 3.04. The predicted octanol–water partition coefficient (Wildman–Crippen LogP) is 2.42. The van der Waals surface area contributed by atoms with Gasteiger partial charge < -0.3 is 10.6 Å². The number of likely N-dealkylation sites (tertiary alicyclic amines) is 1. The van der Waals surface area contributed by atoms with Gasteiger partial charge in [0, 0.05) is 24.7 Å². The van der Waals surface area contributed by atoms with Crippen molar-refractivity contribution < 1.29 is 9.18 Å². The lowest BCUT2D eigenvalue weighted by molar-refractivity contribution is 0.0682. The van der Waals surface area contributed by atoms with Crippen molar-refractivity contribution in [3.8, 4) is 11.3 Å². The number of carbonyl (C=O) groups excluding carboxylic acids is 1. The molecule has 1 amide bonds. The number of rotatable bonds is 3. The topological polar surface area (TPSA) is 75.0 Å². The Hall–Kier alpha value is -2.21. The van der Waals surface area contributed by atoms with E-state index in [-0.39, 0.29) is 17.8 Å². The molecule has 1 fully saturated rings. The molecule has 2 heterocycles. The molecule has 23 heavy (non-hydrogen) atoms. The van der Waals surface area contributed by atoms with E-state index in [1.807, 2.05) is 11.8 Å². The smallest absolute Gasteiger partial charge is 0.257 e. The predicted molar refractivity (Wildman–Crippen MR) is 86.3 cm³/mol.